The molecule has 3 rings (SSSR count). The second-order valence-corrected chi connectivity index (χ2v) is 6.69. The Hall–Kier alpha value is -3.00. The number of ether oxygens (including phenoxy) is 3. The van der Waals surface area contributed by atoms with E-state index in [9.17, 15) is 4.79 Å². The largest absolute Gasteiger partial charge is 0.493 e. The highest BCUT2D eigenvalue weighted by Gasteiger charge is 2.18. The van der Waals surface area contributed by atoms with Gasteiger partial charge in [-0.15, -0.1) is 0 Å². The van der Waals surface area contributed by atoms with Crippen molar-refractivity contribution in [2.45, 2.75) is 6.92 Å². The van der Waals surface area contributed by atoms with Crippen LogP contribution in [0.1, 0.15) is 17.3 Å². The average molecular weight is 400 g/mol. The van der Waals surface area contributed by atoms with Crippen molar-refractivity contribution in [1.82, 2.24) is 9.88 Å². The Bertz CT molecular complexity index is 808. The monoisotopic (exact) mass is 400 g/mol. The third-order valence-electron chi connectivity index (χ3n) is 5.08. The number of likely N-dealkylation sites (N-methyl/N-ethyl adjacent to an activating group) is 1. The van der Waals surface area contributed by atoms with Gasteiger partial charge >= 0.3 is 0 Å². The van der Waals surface area contributed by atoms with Crippen molar-refractivity contribution in [3.05, 3.63) is 36.0 Å². The Labute approximate surface area is 171 Å². The van der Waals surface area contributed by atoms with Gasteiger partial charge < -0.3 is 29.3 Å². The van der Waals surface area contributed by atoms with Gasteiger partial charge in [-0.05, 0) is 30.8 Å². The Morgan fingerprint density at radius 3 is 2.17 bits per heavy atom. The summed E-state index contributed by atoms with van der Waals surface area (Å²) in [5.41, 5.74) is 1.03. The minimum Gasteiger partial charge on any atom is -0.493 e. The second-order valence-electron chi connectivity index (χ2n) is 6.69. The summed E-state index contributed by atoms with van der Waals surface area (Å²) in [4.78, 5) is 21.9. The molecule has 0 bridgehead atoms. The Morgan fingerprint density at radius 2 is 1.69 bits per heavy atom. The number of carbonyl (C=O) groups is 1. The molecule has 1 amide bonds. The lowest BCUT2D eigenvalue weighted by molar-refractivity contribution is 0.102. The topological polar surface area (TPSA) is 76.2 Å². The molecule has 1 aliphatic heterocycles. The highest BCUT2D eigenvalue weighted by Crippen LogP contribution is 2.38. The molecule has 0 atom stereocenters. The zero-order valence-corrected chi connectivity index (χ0v) is 17.4. The zero-order chi connectivity index (χ0) is 20.8. The third-order valence-corrected chi connectivity index (χ3v) is 5.08. The van der Waals surface area contributed by atoms with E-state index in [0.717, 1.165) is 38.5 Å². The molecule has 1 aromatic carbocycles. The molecule has 156 valence electrons. The van der Waals surface area contributed by atoms with E-state index >= 15 is 0 Å². The summed E-state index contributed by atoms with van der Waals surface area (Å²) in [7, 11) is 4.55. The molecule has 0 radical (unpaired) electrons. The quantitative estimate of drug-likeness (QED) is 0.765. The fourth-order valence-corrected chi connectivity index (χ4v) is 3.36. The summed E-state index contributed by atoms with van der Waals surface area (Å²) >= 11 is 0. The van der Waals surface area contributed by atoms with Crippen LogP contribution in [0.4, 0.5) is 11.5 Å². The lowest BCUT2D eigenvalue weighted by Crippen LogP contribution is -2.46. The summed E-state index contributed by atoms with van der Waals surface area (Å²) in [6.07, 6.45) is 1.68. The third kappa shape index (κ3) is 4.71. The van der Waals surface area contributed by atoms with Gasteiger partial charge in [-0.1, -0.05) is 6.92 Å². The number of pyridine rings is 1. The van der Waals surface area contributed by atoms with E-state index in [4.69, 9.17) is 14.2 Å². The van der Waals surface area contributed by atoms with Crippen LogP contribution in [0.5, 0.6) is 17.2 Å². The average Bonchev–Trinajstić information content (AvgIpc) is 2.78. The normalized spacial score (nSPS) is 14.4. The smallest absolute Gasteiger partial charge is 0.255 e. The fourth-order valence-electron chi connectivity index (χ4n) is 3.36. The zero-order valence-electron chi connectivity index (χ0n) is 17.4. The number of amides is 1. The van der Waals surface area contributed by atoms with Crippen LogP contribution in [0.15, 0.2) is 30.5 Å². The Balaban J connectivity index is 1.69. The number of hydrogen-bond donors (Lipinski definition) is 1. The first kappa shape index (κ1) is 20.7. The highest BCUT2D eigenvalue weighted by atomic mass is 16.5. The lowest BCUT2D eigenvalue weighted by Gasteiger charge is -2.34. The van der Waals surface area contributed by atoms with Crippen LogP contribution in [0.3, 0.4) is 0 Å². The van der Waals surface area contributed by atoms with Gasteiger partial charge in [-0.3, -0.25) is 4.79 Å². The van der Waals surface area contributed by atoms with E-state index in [0.29, 0.717) is 28.5 Å². The number of methoxy groups -OCH3 is 3. The number of anilines is 2. The molecule has 8 nitrogen and oxygen atoms in total. The summed E-state index contributed by atoms with van der Waals surface area (Å²) < 4.78 is 15.9. The van der Waals surface area contributed by atoms with Crippen LogP contribution in [0.25, 0.3) is 0 Å². The number of nitrogens with one attached hydrogen (secondary N) is 1. The maximum atomic E-state index is 12.7. The summed E-state index contributed by atoms with van der Waals surface area (Å²) in [5.74, 6) is 1.94. The van der Waals surface area contributed by atoms with Crippen LogP contribution >= 0.6 is 0 Å². The van der Waals surface area contributed by atoms with Crippen molar-refractivity contribution in [1.29, 1.82) is 0 Å². The Morgan fingerprint density at radius 1 is 1.03 bits per heavy atom. The summed E-state index contributed by atoms with van der Waals surface area (Å²) in [6.45, 7) is 7.25. The van der Waals surface area contributed by atoms with Crippen molar-refractivity contribution < 1.29 is 19.0 Å². The molecule has 1 fully saturated rings. The first-order valence-electron chi connectivity index (χ1n) is 9.64. The van der Waals surface area contributed by atoms with Crippen LogP contribution in [0, 0.1) is 0 Å². The molecule has 29 heavy (non-hydrogen) atoms. The molecule has 0 spiro atoms. The molecular weight excluding hydrogens is 372 g/mol. The summed E-state index contributed by atoms with van der Waals surface area (Å²) in [6, 6.07) is 7.04. The van der Waals surface area contributed by atoms with Crippen LogP contribution in [-0.4, -0.2) is 69.8 Å². The van der Waals surface area contributed by atoms with Crippen molar-refractivity contribution in [3.8, 4) is 17.2 Å². The van der Waals surface area contributed by atoms with Crippen LogP contribution in [0.2, 0.25) is 0 Å². The Kier molecular flexibility index (Phi) is 6.77. The molecular formula is C21H28N4O4. The minimum atomic E-state index is -0.282. The van der Waals surface area contributed by atoms with Gasteiger partial charge in [0.05, 0.1) is 33.2 Å². The maximum Gasteiger partial charge on any atom is 0.255 e. The number of nitrogens with zero attached hydrogens (tertiary/aromatic N) is 3. The number of hydrogen-bond acceptors (Lipinski definition) is 7. The first-order chi connectivity index (χ1) is 14.1. The van der Waals surface area contributed by atoms with Crippen molar-refractivity contribution in [3.63, 3.8) is 0 Å². The number of carbonyl (C=O) groups excluding carboxylic acids is 1. The molecule has 1 aliphatic rings. The van der Waals surface area contributed by atoms with Crippen molar-refractivity contribution in [2.24, 2.45) is 0 Å². The van der Waals surface area contributed by atoms with E-state index in [1.54, 1.807) is 18.3 Å². The highest BCUT2D eigenvalue weighted by molar-refractivity contribution is 6.05. The molecule has 2 heterocycles. The van der Waals surface area contributed by atoms with E-state index in [2.05, 4.69) is 27.0 Å². The predicted molar refractivity (Wildman–Crippen MR) is 113 cm³/mol. The second kappa shape index (κ2) is 9.47. The molecule has 1 aromatic heterocycles. The van der Waals surface area contributed by atoms with Crippen molar-refractivity contribution >= 4 is 17.4 Å². The predicted octanol–water partition coefficient (Wildman–Crippen LogP) is 2.50. The molecule has 0 saturated carbocycles. The first-order valence-corrected chi connectivity index (χ1v) is 9.64. The van der Waals surface area contributed by atoms with E-state index in [-0.39, 0.29) is 5.91 Å². The maximum absolute atomic E-state index is 12.7. The molecule has 2 aromatic rings. The van der Waals surface area contributed by atoms with Gasteiger partial charge in [-0.25, -0.2) is 4.98 Å². The summed E-state index contributed by atoms with van der Waals surface area (Å²) in [5, 5.41) is 2.86. The molecule has 8 heteroatoms. The van der Waals surface area contributed by atoms with E-state index < -0.39 is 0 Å². The number of piperazine rings is 1. The SMILES string of the molecule is CCN1CCN(c2ccc(NC(=O)c3cc(OC)c(OC)c(OC)c3)cn2)CC1. The van der Waals surface area contributed by atoms with Crippen LogP contribution in [-0.2, 0) is 0 Å². The lowest BCUT2D eigenvalue weighted by atomic mass is 10.1. The standard InChI is InChI=1S/C21H28N4O4/c1-5-24-8-10-25(11-9-24)19-7-6-16(14-22-19)23-21(26)15-12-17(27-2)20(29-4)18(13-15)28-3/h6-7,12-14H,5,8-11H2,1-4H3,(H,23,26). The van der Waals surface area contributed by atoms with Gasteiger partial charge in [0.15, 0.2) is 11.5 Å². The molecule has 1 N–H and O–H groups in total. The van der Waals surface area contributed by atoms with Gasteiger partial charge in [0.2, 0.25) is 5.75 Å². The number of rotatable bonds is 7. The number of aromatic nitrogens is 1. The molecule has 1 saturated heterocycles. The minimum absolute atomic E-state index is 0.282. The molecule has 0 unspecified atom stereocenters. The van der Waals surface area contributed by atoms with Crippen molar-refractivity contribution in [2.75, 3.05) is 64.3 Å². The molecule has 0 aliphatic carbocycles. The van der Waals surface area contributed by atoms with E-state index in [1.807, 2.05) is 12.1 Å². The fraction of sp³-hybridized carbons (Fsp3) is 0.429. The van der Waals surface area contributed by atoms with Gasteiger partial charge in [0.25, 0.3) is 5.91 Å². The number of benzene rings is 1. The van der Waals surface area contributed by atoms with Gasteiger partial charge in [-0.2, -0.15) is 0 Å². The van der Waals surface area contributed by atoms with Gasteiger partial charge in [0.1, 0.15) is 5.82 Å². The van der Waals surface area contributed by atoms with Crippen LogP contribution < -0.4 is 24.4 Å². The van der Waals surface area contributed by atoms with Gasteiger partial charge in [0, 0.05) is 31.7 Å². The van der Waals surface area contributed by atoms with E-state index in [1.165, 1.54) is 21.3 Å².